The summed E-state index contributed by atoms with van der Waals surface area (Å²) in [5, 5.41) is 8.56. The van der Waals surface area contributed by atoms with E-state index in [1.807, 2.05) is 31.3 Å². The van der Waals surface area contributed by atoms with Crippen LogP contribution >= 0.6 is 39.1 Å². The third-order valence-electron chi connectivity index (χ3n) is 2.31. The fourth-order valence-electron chi connectivity index (χ4n) is 1.40. The lowest BCUT2D eigenvalue weighted by atomic mass is 10.2. The molecule has 17 heavy (non-hydrogen) atoms. The number of aromatic nitrogens is 3. The maximum absolute atomic E-state index is 6.13. The van der Waals surface area contributed by atoms with Crippen LogP contribution < -0.4 is 0 Å². The summed E-state index contributed by atoms with van der Waals surface area (Å²) in [5.74, 6) is 0. The minimum absolute atomic E-state index is 0.135. The van der Waals surface area contributed by atoms with Gasteiger partial charge in [0, 0.05) is 9.50 Å². The Kier molecular flexibility index (Phi) is 4.07. The van der Waals surface area contributed by atoms with Crippen molar-refractivity contribution in [1.82, 2.24) is 15.0 Å². The molecule has 1 aromatic carbocycles. The van der Waals surface area contributed by atoms with Gasteiger partial charge in [-0.25, -0.2) is 4.68 Å². The van der Waals surface area contributed by atoms with Gasteiger partial charge in [0.25, 0.3) is 0 Å². The van der Waals surface area contributed by atoms with Crippen molar-refractivity contribution in [3.05, 3.63) is 45.1 Å². The molecule has 0 spiro atoms. The summed E-state index contributed by atoms with van der Waals surface area (Å²) < 4.78 is 2.68. The van der Waals surface area contributed by atoms with Gasteiger partial charge in [0.1, 0.15) is 5.69 Å². The fourth-order valence-corrected chi connectivity index (χ4v) is 2.23. The summed E-state index contributed by atoms with van der Waals surface area (Å²) in [6.07, 6.45) is 1.83. The van der Waals surface area contributed by atoms with Crippen molar-refractivity contribution in [2.45, 2.75) is 18.8 Å². The minimum atomic E-state index is -0.135. The molecule has 2 aromatic rings. The molecule has 0 amide bonds. The molecule has 1 unspecified atom stereocenters. The lowest BCUT2D eigenvalue weighted by Gasteiger charge is -2.04. The third kappa shape index (κ3) is 3.21. The van der Waals surface area contributed by atoms with Gasteiger partial charge in [-0.2, -0.15) is 0 Å². The van der Waals surface area contributed by atoms with Crippen molar-refractivity contribution in [1.29, 1.82) is 0 Å². The van der Waals surface area contributed by atoms with Crippen LogP contribution in [0.5, 0.6) is 0 Å². The number of benzene rings is 1. The molecule has 0 radical (unpaired) electrons. The summed E-state index contributed by atoms with van der Waals surface area (Å²) in [6.45, 7) is 2.45. The quantitative estimate of drug-likeness (QED) is 0.793. The Labute approximate surface area is 118 Å². The van der Waals surface area contributed by atoms with Crippen LogP contribution in [0.1, 0.15) is 23.6 Å². The van der Waals surface area contributed by atoms with E-state index in [0.717, 1.165) is 15.7 Å². The van der Waals surface area contributed by atoms with Crippen LogP contribution in [-0.4, -0.2) is 15.0 Å². The molecule has 90 valence electrons. The van der Waals surface area contributed by atoms with E-state index in [4.69, 9.17) is 23.2 Å². The van der Waals surface area contributed by atoms with Gasteiger partial charge in [0.15, 0.2) is 0 Å². The van der Waals surface area contributed by atoms with Gasteiger partial charge in [-0.1, -0.05) is 38.8 Å². The molecule has 0 aliphatic heterocycles. The van der Waals surface area contributed by atoms with Crippen LogP contribution in [0.15, 0.2) is 28.9 Å². The molecule has 0 saturated heterocycles. The lowest BCUT2D eigenvalue weighted by molar-refractivity contribution is 0.649. The van der Waals surface area contributed by atoms with Crippen molar-refractivity contribution in [2.75, 3.05) is 0 Å². The van der Waals surface area contributed by atoms with Crippen LogP contribution in [0, 0.1) is 0 Å². The summed E-state index contributed by atoms with van der Waals surface area (Å²) in [5.41, 5.74) is 1.76. The highest BCUT2D eigenvalue weighted by Gasteiger charge is 2.08. The Balaban J connectivity index is 2.19. The summed E-state index contributed by atoms with van der Waals surface area (Å²) in [4.78, 5) is 0. The molecule has 0 aliphatic rings. The Bertz CT molecular complexity index is 525. The first kappa shape index (κ1) is 12.9. The van der Waals surface area contributed by atoms with Crippen molar-refractivity contribution in [3.63, 3.8) is 0 Å². The molecule has 0 saturated carbocycles. The molecular weight excluding hydrogens is 325 g/mol. The molecule has 1 aromatic heterocycles. The Morgan fingerprint density at radius 1 is 1.47 bits per heavy atom. The SMILES string of the molecule is CC(Cl)c1cn(Cc2ccc(Br)cc2Cl)nn1. The van der Waals surface area contributed by atoms with Gasteiger partial charge in [-0.15, -0.1) is 16.7 Å². The zero-order chi connectivity index (χ0) is 12.4. The van der Waals surface area contributed by atoms with Gasteiger partial charge in [-0.3, -0.25) is 0 Å². The van der Waals surface area contributed by atoms with Crippen LogP contribution in [-0.2, 0) is 6.54 Å². The summed E-state index contributed by atoms with van der Waals surface area (Å²) in [7, 11) is 0. The molecular formula is C11H10BrCl2N3. The predicted octanol–water partition coefficient (Wildman–Crippen LogP) is 4.04. The Hall–Kier alpha value is -0.580. The second-order valence-electron chi connectivity index (χ2n) is 3.69. The third-order valence-corrected chi connectivity index (χ3v) is 3.38. The molecule has 0 aliphatic carbocycles. The Morgan fingerprint density at radius 3 is 2.82 bits per heavy atom. The zero-order valence-corrected chi connectivity index (χ0v) is 12.2. The van der Waals surface area contributed by atoms with Gasteiger partial charge < -0.3 is 0 Å². The van der Waals surface area contributed by atoms with E-state index in [9.17, 15) is 0 Å². The monoisotopic (exact) mass is 333 g/mol. The average molecular weight is 335 g/mol. The second-order valence-corrected chi connectivity index (χ2v) is 5.67. The predicted molar refractivity (Wildman–Crippen MR) is 72.5 cm³/mol. The van der Waals surface area contributed by atoms with Crippen LogP contribution in [0.2, 0.25) is 5.02 Å². The Morgan fingerprint density at radius 2 is 2.24 bits per heavy atom. The number of rotatable bonds is 3. The average Bonchev–Trinajstić information content (AvgIpc) is 2.71. The molecule has 3 nitrogen and oxygen atoms in total. The number of hydrogen-bond donors (Lipinski definition) is 0. The zero-order valence-electron chi connectivity index (χ0n) is 9.07. The first-order valence-corrected chi connectivity index (χ1v) is 6.65. The number of nitrogens with zero attached hydrogens (tertiary/aromatic N) is 3. The van der Waals surface area contributed by atoms with Gasteiger partial charge in [-0.05, 0) is 24.6 Å². The number of hydrogen-bond acceptors (Lipinski definition) is 2. The molecule has 1 atom stereocenters. The van der Waals surface area contributed by atoms with E-state index in [1.54, 1.807) is 4.68 Å². The maximum Gasteiger partial charge on any atom is 0.100 e. The topological polar surface area (TPSA) is 30.7 Å². The first-order valence-electron chi connectivity index (χ1n) is 5.04. The van der Waals surface area contributed by atoms with Crippen LogP contribution in [0.4, 0.5) is 0 Å². The van der Waals surface area contributed by atoms with Crippen molar-refractivity contribution < 1.29 is 0 Å². The fraction of sp³-hybridized carbons (Fsp3) is 0.273. The minimum Gasteiger partial charge on any atom is -0.248 e. The standard InChI is InChI=1S/C11H10BrCl2N3/c1-7(13)11-6-17(16-15-11)5-8-2-3-9(12)4-10(8)14/h2-4,6-7H,5H2,1H3. The van der Waals surface area contributed by atoms with Gasteiger partial charge in [0.05, 0.1) is 18.1 Å². The summed E-state index contributed by atoms with van der Waals surface area (Å²) in [6, 6.07) is 5.76. The maximum atomic E-state index is 6.13. The van der Waals surface area contributed by atoms with E-state index in [0.29, 0.717) is 11.6 Å². The largest absolute Gasteiger partial charge is 0.248 e. The molecule has 1 heterocycles. The number of alkyl halides is 1. The molecule has 0 N–H and O–H groups in total. The van der Waals surface area contributed by atoms with E-state index >= 15 is 0 Å². The van der Waals surface area contributed by atoms with Crippen LogP contribution in [0.3, 0.4) is 0 Å². The van der Waals surface area contributed by atoms with Crippen molar-refractivity contribution in [3.8, 4) is 0 Å². The molecule has 6 heteroatoms. The van der Waals surface area contributed by atoms with E-state index in [2.05, 4.69) is 26.2 Å². The van der Waals surface area contributed by atoms with Gasteiger partial charge in [0.2, 0.25) is 0 Å². The highest BCUT2D eigenvalue weighted by Crippen LogP contribution is 2.22. The van der Waals surface area contributed by atoms with E-state index in [-0.39, 0.29) is 5.38 Å². The van der Waals surface area contributed by atoms with E-state index < -0.39 is 0 Å². The molecule has 2 rings (SSSR count). The summed E-state index contributed by atoms with van der Waals surface area (Å²) >= 11 is 15.4. The molecule has 0 fully saturated rings. The highest BCUT2D eigenvalue weighted by atomic mass is 79.9. The number of halogens is 3. The van der Waals surface area contributed by atoms with Crippen LogP contribution in [0.25, 0.3) is 0 Å². The first-order chi connectivity index (χ1) is 8.06. The molecule has 0 bridgehead atoms. The van der Waals surface area contributed by atoms with Crippen molar-refractivity contribution in [2.24, 2.45) is 0 Å². The highest BCUT2D eigenvalue weighted by molar-refractivity contribution is 9.10. The normalized spacial score (nSPS) is 12.7. The van der Waals surface area contributed by atoms with Crippen molar-refractivity contribution >= 4 is 39.1 Å². The van der Waals surface area contributed by atoms with E-state index in [1.165, 1.54) is 0 Å². The lowest BCUT2D eigenvalue weighted by Crippen LogP contribution is -2.01. The van der Waals surface area contributed by atoms with Gasteiger partial charge >= 0.3 is 0 Å². The second kappa shape index (κ2) is 5.38. The smallest absolute Gasteiger partial charge is 0.100 e.